The van der Waals surface area contributed by atoms with Crippen molar-refractivity contribution in [2.75, 3.05) is 18.0 Å². The van der Waals surface area contributed by atoms with Crippen LogP contribution in [0.3, 0.4) is 0 Å². The van der Waals surface area contributed by atoms with Gasteiger partial charge in [0.2, 0.25) is 5.91 Å². The second kappa shape index (κ2) is 8.95. The summed E-state index contributed by atoms with van der Waals surface area (Å²) < 4.78 is 1.27. The van der Waals surface area contributed by atoms with Crippen molar-refractivity contribution >= 4 is 33.1 Å². The molecule has 4 nitrogen and oxygen atoms in total. The molecule has 3 aromatic rings. The third-order valence-electron chi connectivity index (χ3n) is 5.74. The summed E-state index contributed by atoms with van der Waals surface area (Å²) in [6.07, 6.45) is 5.82. The van der Waals surface area contributed by atoms with Crippen molar-refractivity contribution in [2.45, 2.75) is 45.6 Å². The van der Waals surface area contributed by atoms with E-state index in [4.69, 9.17) is 0 Å². The van der Waals surface area contributed by atoms with Gasteiger partial charge >= 0.3 is 0 Å². The molecule has 1 aliphatic heterocycles. The molecule has 29 heavy (non-hydrogen) atoms. The van der Waals surface area contributed by atoms with Gasteiger partial charge in [0, 0.05) is 40.3 Å². The highest BCUT2D eigenvalue weighted by Crippen LogP contribution is 2.33. The van der Waals surface area contributed by atoms with Gasteiger partial charge in [0.15, 0.2) is 0 Å². The Bertz CT molecular complexity index is 969. The number of nitrogens with zero attached hydrogens (tertiary/aromatic N) is 2. The van der Waals surface area contributed by atoms with Crippen LogP contribution in [0.2, 0.25) is 0 Å². The number of hydrogen-bond donors (Lipinski definition) is 1. The van der Waals surface area contributed by atoms with Gasteiger partial charge in [-0.1, -0.05) is 30.3 Å². The van der Waals surface area contributed by atoms with Crippen LogP contribution in [0.1, 0.15) is 36.6 Å². The number of fused-ring (bicyclic) bond motifs is 1. The maximum atomic E-state index is 12.9. The molecule has 1 N–H and O–H groups in total. The minimum absolute atomic E-state index is 0.0275. The summed E-state index contributed by atoms with van der Waals surface area (Å²) in [7, 11) is 0. The first-order valence-electron chi connectivity index (χ1n) is 10.5. The fourth-order valence-corrected chi connectivity index (χ4v) is 5.08. The number of rotatable bonds is 6. The number of nitrogens with one attached hydrogen (secondary N) is 1. The normalized spacial score (nSPS) is 18.0. The SMILES string of the molecule is Cc1cc2c(N3CCC[C@H](C(=O)N[C@@H](C)CCc4ccccc4)C3)nccc2s1. The average Bonchev–Trinajstić information content (AvgIpc) is 3.13. The second-order valence-corrected chi connectivity index (χ2v) is 9.41. The number of carbonyl (C=O) groups excluding carboxylic acids is 1. The lowest BCUT2D eigenvalue weighted by Gasteiger charge is -2.33. The molecule has 2 atom stereocenters. The summed E-state index contributed by atoms with van der Waals surface area (Å²) >= 11 is 1.80. The van der Waals surface area contributed by atoms with Crippen molar-refractivity contribution in [3.05, 3.63) is 59.1 Å². The van der Waals surface area contributed by atoms with Gasteiger partial charge in [0.1, 0.15) is 5.82 Å². The van der Waals surface area contributed by atoms with Crippen molar-refractivity contribution in [1.82, 2.24) is 10.3 Å². The van der Waals surface area contributed by atoms with Gasteiger partial charge in [0.05, 0.1) is 5.92 Å². The van der Waals surface area contributed by atoms with Gasteiger partial charge in [-0.3, -0.25) is 4.79 Å². The lowest BCUT2D eigenvalue weighted by molar-refractivity contribution is -0.125. The third kappa shape index (κ3) is 4.78. The first-order chi connectivity index (χ1) is 14.1. The van der Waals surface area contributed by atoms with Crippen LogP contribution in [0.5, 0.6) is 0 Å². The van der Waals surface area contributed by atoms with Gasteiger partial charge in [-0.05, 0) is 57.2 Å². The fourth-order valence-electron chi connectivity index (χ4n) is 4.17. The molecule has 0 spiro atoms. The average molecular weight is 408 g/mol. The lowest BCUT2D eigenvalue weighted by Crippen LogP contribution is -2.45. The van der Waals surface area contributed by atoms with E-state index in [0.29, 0.717) is 0 Å². The quantitative estimate of drug-likeness (QED) is 0.628. The molecule has 0 unspecified atom stereocenters. The number of amides is 1. The maximum Gasteiger partial charge on any atom is 0.225 e. The van der Waals surface area contributed by atoms with E-state index in [-0.39, 0.29) is 17.9 Å². The van der Waals surface area contributed by atoms with Crippen molar-refractivity contribution in [3.8, 4) is 0 Å². The van der Waals surface area contributed by atoms with Crippen LogP contribution in [0.15, 0.2) is 48.7 Å². The standard InChI is InChI=1S/C24H29N3OS/c1-17(10-11-19-7-4-3-5-8-19)26-24(28)20-9-6-14-27(16-20)23-21-15-18(2)29-22(21)12-13-25-23/h3-5,7-8,12-13,15,17,20H,6,9-11,14,16H2,1-2H3,(H,26,28)/t17-,20-/m0/s1. The first-order valence-corrected chi connectivity index (χ1v) is 11.4. The number of piperidine rings is 1. The highest BCUT2D eigenvalue weighted by molar-refractivity contribution is 7.19. The second-order valence-electron chi connectivity index (χ2n) is 8.12. The van der Waals surface area contributed by atoms with E-state index >= 15 is 0 Å². The lowest BCUT2D eigenvalue weighted by atomic mass is 9.96. The van der Waals surface area contributed by atoms with Crippen LogP contribution >= 0.6 is 11.3 Å². The molecule has 1 fully saturated rings. The number of hydrogen-bond acceptors (Lipinski definition) is 4. The number of thiophene rings is 1. The van der Waals surface area contributed by atoms with Crippen LogP contribution in [-0.2, 0) is 11.2 Å². The molecule has 0 saturated carbocycles. The van der Waals surface area contributed by atoms with Gasteiger partial charge < -0.3 is 10.2 Å². The highest BCUT2D eigenvalue weighted by Gasteiger charge is 2.28. The van der Waals surface area contributed by atoms with E-state index in [0.717, 1.165) is 44.6 Å². The van der Waals surface area contributed by atoms with E-state index in [9.17, 15) is 4.79 Å². The van der Waals surface area contributed by atoms with Gasteiger partial charge in [-0.25, -0.2) is 4.98 Å². The molecule has 1 amide bonds. The molecule has 1 aliphatic rings. The zero-order chi connectivity index (χ0) is 20.2. The van der Waals surface area contributed by atoms with Crippen LogP contribution in [0.4, 0.5) is 5.82 Å². The van der Waals surface area contributed by atoms with Gasteiger partial charge in [-0.2, -0.15) is 0 Å². The molecule has 4 rings (SSSR count). The van der Waals surface area contributed by atoms with Gasteiger partial charge in [0.25, 0.3) is 0 Å². The van der Waals surface area contributed by atoms with Crippen LogP contribution in [-0.4, -0.2) is 30.0 Å². The van der Waals surface area contributed by atoms with Crippen LogP contribution in [0.25, 0.3) is 10.1 Å². The molecule has 0 aliphatic carbocycles. The smallest absolute Gasteiger partial charge is 0.225 e. The summed E-state index contributed by atoms with van der Waals surface area (Å²) in [4.78, 5) is 21.2. The maximum absolute atomic E-state index is 12.9. The number of benzene rings is 1. The van der Waals surface area contributed by atoms with E-state index in [1.165, 1.54) is 20.5 Å². The summed E-state index contributed by atoms with van der Waals surface area (Å²) in [5, 5.41) is 4.46. The van der Waals surface area contributed by atoms with Crippen LogP contribution in [0, 0.1) is 12.8 Å². The summed E-state index contributed by atoms with van der Waals surface area (Å²) in [6.45, 7) is 5.96. The van der Waals surface area contributed by atoms with Crippen molar-refractivity contribution in [1.29, 1.82) is 0 Å². The predicted molar refractivity (Wildman–Crippen MR) is 122 cm³/mol. The molecule has 0 radical (unpaired) electrons. The van der Waals surface area contributed by atoms with Crippen molar-refractivity contribution < 1.29 is 4.79 Å². The Morgan fingerprint density at radius 3 is 2.97 bits per heavy atom. The Morgan fingerprint density at radius 2 is 2.14 bits per heavy atom. The highest BCUT2D eigenvalue weighted by atomic mass is 32.1. The Kier molecular flexibility index (Phi) is 6.14. The topological polar surface area (TPSA) is 45.2 Å². The minimum atomic E-state index is 0.0275. The molecule has 2 aromatic heterocycles. The molecule has 0 bridgehead atoms. The summed E-state index contributed by atoms with van der Waals surface area (Å²) in [5.74, 6) is 1.24. The van der Waals surface area contributed by atoms with E-state index in [2.05, 4.69) is 65.4 Å². The zero-order valence-corrected chi connectivity index (χ0v) is 18.0. The number of aromatic nitrogens is 1. The van der Waals surface area contributed by atoms with E-state index in [1.807, 2.05) is 12.3 Å². The zero-order valence-electron chi connectivity index (χ0n) is 17.2. The monoisotopic (exact) mass is 407 g/mol. The van der Waals surface area contributed by atoms with Gasteiger partial charge in [-0.15, -0.1) is 11.3 Å². The molecule has 1 aromatic carbocycles. The Labute approximate surface area is 177 Å². The molecule has 152 valence electrons. The Morgan fingerprint density at radius 1 is 1.31 bits per heavy atom. The number of carbonyl (C=O) groups is 1. The summed E-state index contributed by atoms with van der Waals surface area (Å²) in [5.41, 5.74) is 1.32. The fraction of sp³-hybridized carbons (Fsp3) is 0.417. The summed E-state index contributed by atoms with van der Waals surface area (Å²) in [6, 6.07) is 14.9. The first kappa shape index (κ1) is 19.9. The molecular formula is C24H29N3OS. The number of pyridine rings is 1. The van der Waals surface area contributed by atoms with Crippen molar-refractivity contribution in [3.63, 3.8) is 0 Å². The molecule has 5 heteroatoms. The van der Waals surface area contributed by atoms with Crippen molar-refractivity contribution in [2.24, 2.45) is 5.92 Å². The molecule has 3 heterocycles. The van der Waals surface area contributed by atoms with Crippen LogP contribution < -0.4 is 10.2 Å². The minimum Gasteiger partial charge on any atom is -0.355 e. The van der Waals surface area contributed by atoms with E-state index < -0.39 is 0 Å². The Balaban J connectivity index is 1.37. The largest absolute Gasteiger partial charge is 0.355 e. The molecule has 1 saturated heterocycles. The Hall–Kier alpha value is -2.40. The molecular weight excluding hydrogens is 378 g/mol. The number of aryl methyl sites for hydroxylation is 2. The third-order valence-corrected chi connectivity index (χ3v) is 6.75. The van der Waals surface area contributed by atoms with E-state index in [1.54, 1.807) is 11.3 Å². The predicted octanol–water partition coefficient (Wildman–Crippen LogP) is 4.96. The number of anilines is 1.